The average Bonchev–Trinajstić information content (AvgIpc) is 2.98. The molecule has 0 heterocycles. The molecule has 182 valence electrons. The van der Waals surface area contributed by atoms with Gasteiger partial charge >= 0.3 is 0 Å². The molecule has 2 heteroatoms. The maximum atomic E-state index is 13.0. The molecule has 0 fully saturated rings. The summed E-state index contributed by atoms with van der Waals surface area (Å²) in [4.78, 5) is 0. The van der Waals surface area contributed by atoms with Crippen molar-refractivity contribution in [2.45, 2.75) is 11.0 Å². The molecule has 6 aromatic rings. The molecule has 0 saturated heterocycles. The zero-order chi connectivity index (χ0) is 25.7. The molecule has 1 unspecified atom stereocenters. The van der Waals surface area contributed by atoms with Crippen LogP contribution in [-0.4, -0.2) is 5.11 Å². The summed E-state index contributed by atoms with van der Waals surface area (Å²) < 4.78 is 0. The Hall–Kier alpha value is -4.17. The number of fused-ring (bicyclic) bond motifs is 3. The van der Waals surface area contributed by atoms with Crippen LogP contribution in [0.1, 0.15) is 38.9 Å². The average molecular weight is 509 g/mol. The predicted octanol–water partition coefficient (Wildman–Crippen LogP) is 8.47. The van der Waals surface area contributed by atoms with Crippen molar-refractivity contribution in [2.24, 2.45) is 0 Å². The predicted molar refractivity (Wildman–Crippen MR) is 156 cm³/mol. The highest BCUT2D eigenvalue weighted by molar-refractivity contribution is 6.30. The molecule has 1 aliphatic carbocycles. The molecular formula is C36H25ClO. The minimum atomic E-state index is -1.39. The lowest BCUT2D eigenvalue weighted by Crippen LogP contribution is -2.44. The van der Waals surface area contributed by atoms with E-state index in [1.807, 2.05) is 48.5 Å². The molecule has 1 atom stereocenters. The molecule has 0 aromatic heterocycles. The Morgan fingerprint density at radius 1 is 0.421 bits per heavy atom. The van der Waals surface area contributed by atoms with Gasteiger partial charge in [0.15, 0.2) is 0 Å². The smallest absolute Gasteiger partial charge is 0.141 e. The minimum absolute atomic E-state index is 0.595. The van der Waals surface area contributed by atoms with Crippen molar-refractivity contribution in [1.82, 2.24) is 0 Å². The molecule has 38 heavy (non-hydrogen) atoms. The van der Waals surface area contributed by atoms with Crippen LogP contribution in [0.5, 0.6) is 0 Å². The van der Waals surface area contributed by atoms with Crippen LogP contribution in [0.3, 0.4) is 0 Å². The number of benzene rings is 6. The summed E-state index contributed by atoms with van der Waals surface area (Å²) in [7, 11) is 0. The highest BCUT2D eigenvalue weighted by Gasteiger charge is 2.52. The fourth-order valence-electron chi connectivity index (χ4n) is 6.44. The van der Waals surface area contributed by atoms with Crippen LogP contribution >= 0.6 is 11.6 Å². The Morgan fingerprint density at radius 3 is 1.42 bits per heavy atom. The molecule has 0 aliphatic heterocycles. The quantitative estimate of drug-likeness (QED) is 0.254. The zero-order valence-electron chi connectivity index (χ0n) is 20.7. The van der Waals surface area contributed by atoms with Crippen LogP contribution in [0.25, 0.3) is 10.8 Å². The molecule has 1 N–H and O–H groups in total. The van der Waals surface area contributed by atoms with E-state index >= 15 is 0 Å². The van der Waals surface area contributed by atoms with Crippen molar-refractivity contribution in [2.75, 3.05) is 0 Å². The summed E-state index contributed by atoms with van der Waals surface area (Å²) in [6.07, 6.45) is 0. The number of halogens is 1. The Morgan fingerprint density at radius 2 is 0.868 bits per heavy atom. The number of hydrogen-bond donors (Lipinski definition) is 1. The van der Waals surface area contributed by atoms with Gasteiger partial charge in [-0.25, -0.2) is 0 Å². The second-order valence-electron chi connectivity index (χ2n) is 9.99. The van der Waals surface area contributed by atoms with Gasteiger partial charge in [0.05, 0.1) is 5.41 Å². The largest absolute Gasteiger partial charge is 0.376 e. The maximum absolute atomic E-state index is 13.0. The normalized spacial score (nSPS) is 17.5. The first-order valence-electron chi connectivity index (χ1n) is 12.9. The van der Waals surface area contributed by atoms with Crippen LogP contribution in [0.2, 0.25) is 5.02 Å². The summed E-state index contributed by atoms with van der Waals surface area (Å²) in [5.41, 5.74) is 4.79. The molecule has 6 aromatic carbocycles. The summed E-state index contributed by atoms with van der Waals surface area (Å²) in [6, 6.07) is 50.0. The Balaban J connectivity index is 1.74. The van der Waals surface area contributed by atoms with Crippen LogP contribution in [0.4, 0.5) is 0 Å². The SMILES string of the molecule is OC1(c2ccccc2)c2cc(Cl)ccc2C(c2ccccc2)(c2ccccc2)c2cc3ccccc3cc21. The molecule has 7 rings (SSSR count). The van der Waals surface area contributed by atoms with Gasteiger partial charge in [-0.1, -0.05) is 133 Å². The van der Waals surface area contributed by atoms with Crippen molar-refractivity contribution in [3.05, 3.63) is 190 Å². The molecule has 0 bridgehead atoms. The van der Waals surface area contributed by atoms with E-state index in [2.05, 4.69) is 97.1 Å². The van der Waals surface area contributed by atoms with Gasteiger partial charge in [-0.3, -0.25) is 0 Å². The molecule has 1 aliphatic rings. The summed E-state index contributed by atoms with van der Waals surface area (Å²) in [5, 5.41) is 15.8. The first kappa shape index (κ1) is 23.0. The monoisotopic (exact) mass is 508 g/mol. The molecule has 1 nitrogen and oxygen atoms in total. The van der Waals surface area contributed by atoms with Gasteiger partial charge < -0.3 is 5.11 Å². The van der Waals surface area contributed by atoms with Crippen LogP contribution in [-0.2, 0) is 11.0 Å². The van der Waals surface area contributed by atoms with Crippen LogP contribution in [0, 0.1) is 0 Å². The van der Waals surface area contributed by atoms with Crippen molar-refractivity contribution < 1.29 is 5.11 Å². The third kappa shape index (κ3) is 3.16. The Kier molecular flexibility index (Phi) is 5.26. The fourth-order valence-corrected chi connectivity index (χ4v) is 6.61. The summed E-state index contributed by atoms with van der Waals surface area (Å²) in [5.74, 6) is 0. The van der Waals surface area contributed by atoms with E-state index in [0.717, 1.165) is 49.7 Å². The molecule has 0 radical (unpaired) electrons. The first-order chi connectivity index (χ1) is 18.6. The number of hydrogen-bond acceptors (Lipinski definition) is 1. The van der Waals surface area contributed by atoms with Gasteiger partial charge in [0.1, 0.15) is 5.60 Å². The lowest BCUT2D eigenvalue weighted by Gasteiger charge is -2.48. The standard InChI is InChI=1S/C36H25ClO/c37-30-20-21-31-34(24-30)36(38,29-18-8-3-9-19-29)33-23-26-13-11-10-12-25(26)22-32(33)35(31,27-14-4-1-5-15-27)28-16-6-2-7-17-28/h1-24,38H. The third-order valence-corrected chi connectivity index (χ3v) is 8.30. The Labute approximate surface area is 227 Å². The highest BCUT2D eigenvalue weighted by Crippen LogP contribution is 2.57. The zero-order valence-corrected chi connectivity index (χ0v) is 21.4. The van der Waals surface area contributed by atoms with Crippen molar-refractivity contribution in [1.29, 1.82) is 0 Å². The van der Waals surface area contributed by atoms with E-state index in [0.29, 0.717) is 5.02 Å². The second-order valence-corrected chi connectivity index (χ2v) is 10.4. The van der Waals surface area contributed by atoms with E-state index < -0.39 is 11.0 Å². The molecule has 0 amide bonds. The fraction of sp³-hybridized carbons (Fsp3) is 0.0556. The molecular weight excluding hydrogens is 484 g/mol. The third-order valence-electron chi connectivity index (χ3n) is 8.06. The summed E-state index contributed by atoms with van der Waals surface area (Å²) >= 11 is 6.69. The van der Waals surface area contributed by atoms with Crippen molar-refractivity contribution >= 4 is 22.4 Å². The summed E-state index contributed by atoms with van der Waals surface area (Å²) in [6.45, 7) is 0. The van der Waals surface area contributed by atoms with Gasteiger partial charge in [-0.15, -0.1) is 0 Å². The van der Waals surface area contributed by atoms with Gasteiger partial charge in [0, 0.05) is 5.02 Å². The van der Waals surface area contributed by atoms with Crippen LogP contribution < -0.4 is 0 Å². The second kappa shape index (κ2) is 8.70. The number of aliphatic hydroxyl groups is 1. The van der Waals surface area contributed by atoms with Gasteiger partial charge in [-0.05, 0) is 74.0 Å². The first-order valence-corrected chi connectivity index (χ1v) is 13.2. The maximum Gasteiger partial charge on any atom is 0.141 e. The van der Waals surface area contributed by atoms with Gasteiger partial charge in [0.2, 0.25) is 0 Å². The van der Waals surface area contributed by atoms with Crippen molar-refractivity contribution in [3.63, 3.8) is 0 Å². The van der Waals surface area contributed by atoms with E-state index in [-0.39, 0.29) is 0 Å². The Bertz CT molecular complexity index is 1740. The van der Waals surface area contributed by atoms with Crippen molar-refractivity contribution in [3.8, 4) is 0 Å². The van der Waals surface area contributed by atoms with E-state index in [9.17, 15) is 5.11 Å². The van der Waals surface area contributed by atoms with E-state index in [1.54, 1.807) is 0 Å². The highest BCUT2D eigenvalue weighted by atomic mass is 35.5. The lowest BCUT2D eigenvalue weighted by atomic mass is 9.55. The van der Waals surface area contributed by atoms with Gasteiger partial charge in [-0.2, -0.15) is 0 Å². The van der Waals surface area contributed by atoms with Gasteiger partial charge in [0.25, 0.3) is 0 Å². The topological polar surface area (TPSA) is 20.2 Å². The van der Waals surface area contributed by atoms with E-state index in [1.165, 1.54) is 0 Å². The molecule has 0 spiro atoms. The number of rotatable bonds is 3. The minimum Gasteiger partial charge on any atom is -0.376 e. The van der Waals surface area contributed by atoms with Crippen LogP contribution in [0.15, 0.2) is 146 Å². The lowest BCUT2D eigenvalue weighted by molar-refractivity contribution is 0.118. The molecule has 0 saturated carbocycles. The van der Waals surface area contributed by atoms with E-state index in [4.69, 9.17) is 11.6 Å².